The number of hydrogen-bond donors (Lipinski definition) is 1. The Bertz CT molecular complexity index is 736. The SMILES string of the molecule is Cn1cc(C(N)c2nc(-c3cccc(Cl)c3)no2)cn1. The van der Waals surface area contributed by atoms with Crippen molar-refractivity contribution >= 4 is 11.6 Å². The van der Waals surface area contributed by atoms with Gasteiger partial charge in [0.25, 0.3) is 0 Å². The molecule has 0 amide bonds. The molecule has 102 valence electrons. The largest absolute Gasteiger partial charge is 0.337 e. The van der Waals surface area contributed by atoms with Gasteiger partial charge in [-0.15, -0.1) is 0 Å². The van der Waals surface area contributed by atoms with Crippen LogP contribution < -0.4 is 5.73 Å². The van der Waals surface area contributed by atoms with E-state index >= 15 is 0 Å². The highest BCUT2D eigenvalue weighted by molar-refractivity contribution is 6.30. The fourth-order valence-electron chi connectivity index (χ4n) is 1.85. The average Bonchev–Trinajstić information content (AvgIpc) is 3.07. The van der Waals surface area contributed by atoms with E-state index in [0.717, 1.165) is 11.1 Å². The highest BCUT2D eigenvalue weighted by atomic mass is 35.5. The molecule has 1 unspecified atom stereocenters. The second-order valence-electron chi connectivity index (χ2n) is 4.39. The van der Waals surface area contributed by atoms with Crippen LogP contribution in [0.1, 0.15) is 17.5 Å². The maximum Gasteiger partial charge on any atom is 0.248 e. The molecule has 0 saturated carbocycles. The van der Waals surface area contributed by atoms with Gasteiger partial charge in [-0.2, -0.15) is 10.1 Å². The van der Waals surface area contributed by atoms with Gasteiger partial charge in [-0.3, -0.25) is 4.68 Å². The molecule has 0 aliphatic heterocycles. The number of benzene rings is 1. The first kappa shape index (κ1) is 12.8. The third-order valence-corrected chi connectivity index (χ3v) is 3.11. The van der Waals surface area contributed by atoms with Crippen molar-refractivity contribution in [2.75, 3.05) is 0 Å². The quantitative estimate of drug-likeness (QED) is 0.799. The minimum atomic E-state index is -0.496. The van der Waals surface area contributed by atoms with Gasteiger partial charge in [0.15, 0.2) is 0 Å². The fourth-order valence-corrected chi connectivity index (χ4v) is 2.04. The van der Waals surface area contributed by atoms with Crippen LogP contribution >= 0.6 is 11.6 Å². The lowest BCUT2D eigenvalue weighted by molar-refractivity contribution is 0.367. The molecule has 2 N–H and O–H groups in total. The second kappa shape index (κ2) is 5.07. The minimum absolute atomic E-state index is 0.341. The first-order valence-corrected chi connectivity index (χ1v) is 6.35. The number of hydrogen-bond acceptors (Lipinski definition) is 5. The summed E-state index contributed by atoms with van der Waals surface area (Å²) >= 11 is 5.94. The van der Waals surface area contributed by atoms with Crippen LogP contribution in [0.15, 0.2) is 41.2 Å². The van der Waals surface area contributed by atoms with Gasteiger partial charge in [-0.1, -0.05) is 28.9 Å². The monoisotopic (exact) mass is 289 g/mol. The van der Waals surface area contributed by atoms with E-state index in [4.69, 9.17) is 21.9 Å². The Kier molecular flexibility index (Phi) is 3.25. The normalized spacial score (nSPS) is 12.6. The van der Waals surface area contributed by atoms with Crippen LogP contribution in [0.25, 0.3) is 11.4 Å². The first-order valence-electron chi connectivity index (χ1n) is 5.97. The minimum Gasteiger partial charge on any atom is -0.337 e. The number of rotatable bonds is 3. The van der Waals surface area contributed by atoms with E-state index in [0.29, 0.717) is 16.7 Å². The van der Waals surface area contributed by atoms with E-state index in [1.807, 2.05) is 25.4 Å². The molecular formula is C13H12ClN5O. The zero-order valence-electron chi connectivity index (χ0n) is 10.7. The predicted octanol–water partition coefficient (Wildman–Crippen LogP) is 2.17. The van der Waals surface area contributed by atoms with Crippen molar-refractivity contribution in [2.24, 2.45) is 12.8 Å². The van der Waals surface area contributed by atoms with Gasteiger partial charge >= 0.3 is 0 Å². The van der Waals surface area contributed by atoms with Crippen LogP contribution in [0.3, 0.4) is 0 Å². The summed E-state index contributed by atoms with van der Waals surface area (Å²) in [5, 5.41) is 8.61. The molecule has 1 aromatic carbocycles. The van der Waals surface area contributed by atoms with Crippen LogP contribution in [0.2, 0.25) is 5.02 Å². The van der Waals surface area contributed by atoms with Gasteiger partial charge in [-0.05, 0) is 12.1 Å². The van der Waals surface area contributed by atoms with E-state index < -0.39 is 6.04 Å². The lowest BCUT2D eigenvalue weighted by Gasteiger charge is -2.01. The Morgan fingerprint density at radius 3 is 2.95 bits per heavy atom. The number of aryl methyl sites for hydroxylation is 1. The number of aromatic nitrogens is 4. The number of halogens is 1. The Morgan fingerprint density at radius 1 is 1.40 bits per heavy atom. The van der Waals surface area contributed by atoms with Crippen LogP contribution in [0.5, 0.6) is 0 Å². The van der Waals surface area contributed by atoms with Gasteiger partial charge in [0.1, 0.15) is 6.04 Å². The van der Waals surface area contributed by atoms with E-state index in [2.05, 4.69) is 15.2 Å². The molecular weight excluding hydrogens is 278 g/mol. The third kappa shape index (κ3) is 2.43. The molecule has 2 aromatic heterocycles. The van der Waals surface area contributed by atoms with Crippen molar-refractivity contribution in [3.05, 3.63) is 53.1 Å². The molecule has 0 saturated heterocycles. The zero-order chi connectivity index (χ0) is 14.1. The summed E-state index contributed by atoms with van der Waals surface area (Å²) in [6, 6.07) is 6.74. The first-order chi connectivity index (χ1) is 9.63. The van der Waals surface area contributed by atoms with Crippen molar-refractivity contribution in [1.29, 1.82) is 0 Å². The molecule has 6 nitrogen and oxygen atoms in total. The molecule has 7 heteroatoms. The van der Waals surface area contributed by atoms with Gasteiger partial charge in [0.05, 0.1) is 6.20 Å². The summed E-state index contributed by atoms with van der Waals surface area (Å²) in [5.74, 6) is 0.801. The van der Waals surface area contributed by atoms with Crippen molar-refractivity contribution < 1.29 is 4.52 Å². The van der Waals surface area contributed by atoms with Gasteiger partial charge in [0, 0.05) is 29.4 Å². The third-order valence-electron chi connectivity index (χ3n) is 2.87. The fraction of sp³-hybridized carbons (Fsp3) is 0.154. The zero-order valence-corrected chi connectivity index (χ0v) is 11.4. The summed E-state index contributed by atoms with van der Waals surface area (Å²) in [6.45, 7) is 0. The summed E-state index contributed by atoms with van der Waals surface area (Å²) < 4.78 is 6.89. The molecule has 20 heavy (non-hydrogen) atoms. The van der Waals surface area contributed by atoms with Gasteiger partial charge < -0.3 is 10.3 Å². The van der Waals surface area contributed by atoms with Crippen LogP contribution in [-0.4, -0.2) is 19.9 Å². The van der Waals surface area contributed by atoms with Gasteiger partial charge in [-0.25, -0.2) is 0 Å². The molecule has 2 heterocycles. The Labute approximate surface area is 120 Å². The molecule has 0 fully saturated rings. The highest BCUT2D eigenvalue weighted by Crippen LogP contribution is 2.23. The van der Waals surface area contributed by atoms with Gasteiger partial charge in [0.2, 0.25) is 11.7 Å². The van der Waals surface area contributed by atoms with Crippen molar-refractivity contribution in [2.45, 2.75) is 6.04 Å². The van der Waals surface area contributed by atoms with Crippen LogP contribution in [0.4, 0.5) is 0 Å². The van der Waals surface area contributed by atoms with Crippen LogP contribution in [-0.2, 0) is 7.05 Å². The van der Waals surface area contributed by atoms with Crippen molar-refractivity contribution in [1.82, 2.24) is 19.9 Å². The summed E-state index contributed by atoms with van der Waals surface area (Å²) in [5.41, 5.74) is 7.67. The maximum absolute atomic E-state index is 6.08. The van der Waals surface area contributed by atoms with E-state index in [9.17, 15) is 0 Å². The van der Waals surface area contributed by atoms with Crippen LogP contribution in [0, 0.1) is 0 Å². The summed E-state index contributed by atoms with van der Waals surface area (Å²) in [7, 11) is 1.82. The van der Waals surface area contributed by atoms with Crippen molar-refractivity contribution in [3.8, 4) is 11.4 Å². The van der Waals surface area contributed by atoms with Crippen molar-refractivity contribution in [3.63, 3.8) is 0 Å². The molecule has 0 spiro atoms. The van der Waals surface area contributed by atoms with E-state index in [-0.39, 0.29) is 0 Å². The van der Waals surface area contributed by atoms with E-state index in [1.54, 1.807) is 23.0 Å². The van der Waals surface area contributed by atoms with E-state index in [1.165, 1.54) is 0 Å². The highest BCUT2D eigenvalue weighted by Gasteiger charge is 2.18. The molecule has 0 bridgehead atoms. The molecule has 3 rings (SSSR count). The molecule has 0 radical (unpaired) electrons. The Balaban J connectivity index is 1.90. The topological polar surface area (TPSA) is 82.8 Å². The lowest BCUT2D eigenvalue weighted by atomic mass is 10.2. The second-order valence-corrected chi connectivity index (χ2v) is 4.83. The Hall–Kier alpha value is -2.18. The average molecular weight is 290 g/mol. The standard InChI is InChI=1S/C13H12ClN5O/c1-19-7-9(6-16-19)11(15)13-17-12(18-20-13)8-3-2-4-10(14)5-8/h2-7,11H,15H2,1H3. The molecule has 0 aliphatic carbocycles. The summed E-state index contributed by atoms with van der Waals surface area (Å²) in [4.78, 5) is 4.31. The predicted molar refractivity (Wildman–Crippen MR) is 74.0 cm³/mol. The summed E-state index contributed by atoms with van der Waals surface area (Å²) in [6.07, 6.45) is 3.49. The number of nitrogens with zero attached hydrogens (tertiary/aromatic N) is 4. The molecule has 1 atom stereocenters. The molecule has 0 aliphatic rings. The smallest absolute Gasteiger partial charge is 0.248 e. The Morgan fingerprint density at radius 2 is 2.25 bits per heavy atom. The maximum atomic E-state index is 6.08. The number of nitrogens with two attached hydrogens (primary N) is 1. The lowest BCUT2D eigenvalue weighted by Crippen LogP contribution is -2.11. The molecule has 3 aromatic rings.